The normalized spacial score (nSPS) is 10.0. The molecule has 0 amide bonds. The van der Waals surface area contributed by atoms with Gasteiger partial charge >= 0.3 is 0 Å². The average Bonchev–Trinajstić information content (AvgIpc) is 2.38. The van der Waals surface area contributed by atoms with Gasteiger partial charge in [-0.2, -0.15) is 0 Å². The van der Waals surface area contributed by atoms with Crippen LogP contribution >= 0.6 is 0 Å². The first-order chi connectivity index (χ1) is 8.20. The zero-order chi connectivity index (χ0) is 12.3. The van der Waals surface area contributed by atoms with Crippen LogP contribution in [0, 0.1) is 6.92 Å². The van der Waals surface area contributed by atoms with Crippen molar-refractivity contribution in [2.45, 2.75) is 6.92 Å². The monoisotopic (exact) mass is 225 g/mol. The first kappa shape index (κ1) is 11.4. The molecule has 0 aliphatic rings. The molecular weight excluding hydrogens is 210 g/mol. The first-order valence-electron chi connectivity index (χ1n) is 5.56. The molecule has 2 aromatic carbocycles. The molecule has 2 aromatic rings. The Morgan fingerprint density at radius 2 is 1.71 bits per heavy atom. The number of aldehydes is 1. The smallest absolute Gasteiger partial charge is 0.150 e. The molecule has 86 valence electrons. The van der Waals surface area contributed by atoms with Crippen molar-refractivity contribution in [1.82, 2.24) is 0 Å². The van der Waals surface area contributed by atoms with Gasteiger partial charge in [0.1, 0.15) is 6.29 Å². The highest BCUT2D eigenvalue weighted by Crippen LogP contribution is 2.24. The number of hydrogen-bond acceptors (Lipinski definition) is 2. The van der Waals surface area contributed by atoms with Gasteiger partial charge in [0, 0.05) is 24.0 Å². The molecule has 2 heteroatoms. The molecule has 2 nitrogen and oxygen atoms in total. The van der Waals surface area contributed by atoms with E-state index in [1.807, 2.05) is 37.4 Å². The molecule has 0 fully saturated rings. The summed E-state index contributed by atoms with van der Waals surface area (Å²) in [5.74, 6) is 0. The van der Waals surface area contributed by atoms with E-state index in [-0.39, 0.29) is 0 Å². The van der Waals surface area contributed by atoms with E-state index in [2.05, 4.69) is 30.0 Å². The van der Waals surface area contributed by atoms with E-state index in [4.69, 9.17) is 0 Å². The molecule has 0 heterocycles. The van der Waals surface area contributed by atoms with E-state index in [1.165, 1.54) is 5.56 Å². The van der Waals surface area contributed by atoms with Gasteiger partial charge in [-0.25, -0.2) is 0 Å². The first-order valence-corrected chi connectivity index (χ1v) is 5.56. The summed E-state index contributed by atoms with van der Waals surface area (Å²) in [7, 11) is 2.02. The Morgan fingerprint density at radius 1 is 1.00 bits per heavy atom. The van der Waals surface area contributed by atoms with Gasteiger partial charge < -0.3 is 4.90 Å². The Morgan fingerprint density at radius 3 is 2.29 bits per heavy atom. The molecule has 0 radical (unpaired) electrons. The quantitative estimate of drug-likeness (QED) is 0.744. The Hall–Kier alpha value is -2.09. The number of anilines is 2. The van der Waals surface area contributed by atoms with Crippen molar-refractivity contribution in [3.05, 3.63) is 59.7 Å². The highest BCUT2D eigenvalue weighted by Gasteiger charge is 2.03. The molecule has 0 saturated carbocycles. The Labute approximate surface area is 102 Å². The van der Waals surface area contributed by atoms with Crippen LogP contribution in [0.5, 0.6) is 0 Å². The summed E-state index contributed by atoms with van der Waals surface area (Å²) < 4.78 is 0. The van der Waals surface area contributed by atoms with Gasteiger partial charge in [0.05, 0.1) is 0 Å². The topological polar surface area (TPSA) is 20.3 Å². The van der Waals surface area contributed by atoms with E-state index in [9.17, 15) is 4.79 Å². The van der Waals surface area contributed by atoms with Crippen molar-refractivity contribution in [3.63, 3.8) is 0 Å². The van der Waals surface area contributed by atoms with E-state index < -0.39 is 0 Å². The molecule has 0 aliphatic carbocycles. The number of carbonyl (C=O) groups is 1. The van der Waals surface area contributed by atoms with Crippen LogP contribution in [0.15, 0.2) is 48.5 Å². The summed E-state index contributed by atoms with van der Waals surface area (Å²) in [6, 6.07) is 15.9. The van der Waals surface area contributed by atoms with Gasteiger partial charge in [-0.15, -0.1) is 0 Å². The maximum absolute atomic E-state index is 10.6. The highest BCUT2D eigenvalue weighted by atomic mass is 16.1. The fourth-order valence-corrected chi connectivity index (χ4v) is 1.76. The fraction of sp³-hybridized carbons (Fsp3) is 0.133. The van der Waals surface area contributed by atoms with Crippen molar-refractivity contribution in [1.29, 1.82) is 0 Å². The Balaban J connectivity index is 2.29. The molecule has 0 unspecified atom stereocenters. The zero-order valence-corrected chi connectivity index (χ0v) is 10.1. The van der Waals surface area contributed by atoms with Crippen molar-refractivity contribution in [2.24, 2.45) is 0 Å². The van der Waals surface area contributed by atoms with E-state index >= 15 is 0 Å². The summed E-state index contributed by atoms with van der Waals surface area (Å²) >= 11 is 0. The lowest BCUT2D eigenvalue weighted by molar-refractivity contribution is 0.112. The highest BCUT2D eigenvalue weighted by molar-refractivity contribution is 5.76. The molecule has 0 spiro atoms. The van der Waals surface area contributed by atoms with E-state index in [0.717, 1.165) is 17.7 Å². The maximum atomic E-state index is 10.6. The molecule has 0 saturated heterocycles. The second-order valence-electron chi connectivity index (χ2n) is 4.11. The molecule has 0 N–H and O–H groups in total. The van der Waals surface area contributed by atoms with Crippen molar-refractivity contribution in [3.8, 4) is 0 Å². The number of benzene rings is 2. The van der Waals surface area contributed by atoms with Gasteiger partial charge in [0.25, 0.3) is 0 Å². The zero-order valence-electron chi connectivity index (χ0n) is 10.1. The third kappa shape index (κ3) is 2.53. The van der Waals surface area contributed by atoms with Crippen molar-refractivity contribution >= 4 is 17.7 Å². The SMILES string of the molecule is Cc1cccc(N(C)c2ccc(C=O)cc2)c1. The maximum Gasteiger partial charge on any atom is 0.150 e. The van der Waals surface area contributed by atoms with Gasteiger partial charge in [-0.1, -0.05) is 12.1 Å². The van der Waals surface area contributed by atoms with Crippen LogP contribution in [0.2, 0.25) is 0 Å². The van der Waals surface area contributed by atoms with Gasteiger partial charge in [-0.3, -0.25) is 4.79 Å². The molecule has 0 aliphatic heterocycles. The van der Waals surface area contributed by atoms with E-state index in [0.29, 0.717) is 5.56 Å². The summed E-state index contributed by atoms with van der Waals surface area (Å²) in [5.41, 5.74) is 4.15. The molecule has 17 heavy (non-hydrogen) atoms. The lowest BCUT2D eigenvalue weighted by Gasteiger charge is -2.20. The van der Waals surface area contributed by atoms with Crippen LogP contribution in [0.1, 0.15) is 15.9 Å². The lowest BCUT2D eigenvalue weighted by Crippen LogP contribution is -2.09. The predicted molar refractivity (Wildman–Crippen MR) is 71.1 cm³/mol. The van der Waals surface area contributed by atoms with Crippen LogP contribution < -0.4 is 4.90 Å². The fourth-order valence-electron chi connectivity index (χ4n) is 1.76. The van der Waals surface area contributed by atoms with E-state index in [1.54, 1.807) is 0 Å². The summed E-state index contributed by atoms with van der Waals surface area (Å²) in [6.45, 7) is 2.08. The van der Waals surface area contributed by atoms with Crippen molar-refractivity contribution < 1.29 is 4.79 Å². The number of hydrogen-bond donors (Lipinski definition) is 0. The number of nitrogens with zero attached hydrogens (tertiary/aromatic N) is 1. The average molecular weight is 225 g/mol. The van der Waals surface area contributed by atoms with Crippen LogP contribution in [-0.4, -0.2) is 13.3 Å². The van der Waals surface area contributed by atoms with Crippen LogP contribution in [0.3, 0.4) is 0 Å². The van der Waals surface area contributed by atoms with Gasteiger partial charge in [-0.05, 0) is 48.9 Å². The molecule has 2 rings (SSSR count). The van der Waals surface area contributed by atoms with Crippen LogP contribution in [-0.2, 0) is 0 Å². The molecular formula is C15H15NO. The largest absolute Gasteiger partial charge is 0.345 e. The van der Waals surface area contributed by atoms with Gasteiger partial charge in [0.2, 0.25) is 0 Å². The minimum absolute atomic E-state index is 0.700. The standard InChI is InChI=1S/C15H15NO/c1-12-4-3-5-15(10-12)16(2)14-8-6-13(11-17)7-9-14/h3-11H,1-2H3. The molecule has 0 atom stereocenters. The summed E-state index contributed by atoms with van der Waals surface area (Å²) in [5, 5.41) is 0. The third-order valence-electron chi connectivity index (χ3n) is 2.81. The molecule has 0 bridgehead atoms. The van der Waals surface area contributed by atoms with Crippen LogP contribution in [0.25, 0.3) is 0 Å². The Kier molecular flexibility index (Phi) is 3.24. The lowest BCUT2D eigenvalue weighted by atomic mass is 10.1. The van der Waals surface area contributed by atoms with Gasteiger partial charge in [0.15, 0.2) is 0 Å². The number of rotatable bonds is 3. The number of carbonyl (C=O) groups excluding carboxylic acids is 1. The second kappa shape index (κ2) is 4.83. The summed E-state index contributed by atoms with van der Waals surface area (Å²) in [4.78, 5) is 12.7. The second-order valence-corrected chi connectivity index (χ2v) is 4.11. The predicted octanol–water partition coefficient (Wildman–Crippen LogP) is 3.58. The summed E-state index contributed by atoms with van der Waals surface area (Å²) in [6.07, 6.45) is 0.858. The molecule has 0 aromatic heterocycles. The Bertz CT molecular complexity index is 517. The third-order valence-corrected chi connectivity index (χ3v) is 2.81. The number of aryl methyl sites for hydroxylation is 1. The minimum Gasteiger partial charge on any atom is -0.345 e. The minimum atomic E-state index is 0.700. The van der Waals surface area contributed by atoms with Crippen LogP contribution in [0.4, 0.5) is 11.4 Å². The van der Waals surface area contributed by atoms with Crippen molar-refractivity contribution in [2.75, 3.05) is 11.9 Å².